The third-order valence-electron chi connectivity index (χ3n) is 28.2. The fourth-order valence-corrected chi connectivity index (χ4v) is 31.9. The molecule has 144 heavy (non-hydrogen) atoms. The standard InChI is InChI=1S/C23H17F2N3OS.C22H23F2N3OS2.C22H22F2N2OS.2C20H19F2N3OS2/c24-17-9-10-20(25)18(13-17)21-27-28(22(29)16-7-4-12-26-14-16)23(30-21)11-3-6-15-5-1-2-8-19(15)23;1-26-10-6-15(7-11-26)21(28)27-22(9-2-3-14-8-12-29-19(14)22)30-20(25-27)17-13-16(23)4-5-18(17)24;1-21(2,3)20(27)26-22(12-6-8-14-7-4-5-9-17(14)22)28-19(25-26)16-13-15(23)10-11-18(16)24;21-13-5-6-15(22)14(11-13)18-24-25(19(26)16-4-2-9-23-16)20(28-18)8-1-3-12-7-10-27-17(12)20;21-13-5-6-15(22)14(10-13)18-24-25(19(26)16(23)11-3-4-11)20(28-18)8-1-2-12-7-9-27-17(12)20/h1-2,4-5,7-10,12-14H,3,6,11H2;4-5,8,12-13,15H,2-3,6-7,9-11H2,1H3;4-5,7,9-11,13H,6,8,12H2,1-3H3;5-7,10-11,16,23H,1-4,8-9H2;5-7,9-11,16H,1-4,8,23H2/t;;;16-,20?;/m...0./s1. The van der Waals surface area contributed by atoms with E-state index < -0.39 is 94.0 Å². The number of carbonyl (C=O) groups is 5. The number of hydrogen-bond acceptors (Lipinski definition) is 22. The van der Waals surface area contributed by atoms with Gasteiger partial charge in [0.2, 0.25) is 11.8 Å². The predicted octanol–water partition coefficient (Wildman–Crippen LogP) is 23.7. The number of likely N-dealkylation sites (tertiary alicyclic amines) is 1. The van der Waals surface area contributed by atoms with Crippen LogP contribution in [0, 0.1) is 75.4 Å². The molecule has 37 heteroatoms. The highest BCUT2D eigenvalue weighted by Crippen LogP contribution is 2.62. The molecule has 7 aliphatic heterocycles. The number of hydrogen-bond donors (Lipinski definition) is 2. The van der Waals surface area contributed by atoms with Crippen LogP contribution in [-0.4, -0.2) is 128 Å². The summed E-state index contributed by atoms with van der Waals surface area (Å²) in [6.07, 6.45) is 21.1. The summed E-state index contributed by atoms with van der Waals surface area (Å²) in [6, 6.07) is 41.4. The molecule has 13 aliphatic rings. The molecule has 3 fully saturated rings. The van der Waals surface area contributed by atoms with E-state index in [0.29, 0.717) is 50.0 Å². The average Bonchev–Trinajstić information content (AvgIpc) is 1.58. The van der Waals surface area contributed by atoms with Crippen LogP contribution in [0.2, 0.25) is 0 Å². The number of benzene rings is 7. The number of aryl methyl sites for hydroxylation is 5. The zero-order chi connectivity index (χ0) is 100. The van der Waals surface area contributed by atoms with E-state index in [2.05, 4.69) is 77.4 Å². The van der Waals surface area contributed by atoms with Gasteiger partial charge in [-0.3, -0.25) is 29.0 Å². The van der Waals surface area contributed by atoms with Crippen molar-refractivity contribution in [3.05, 3.63) is 344 Å². The van der Waals surface area contributed by atoms with Gasteiger partial charge in [0.25, 0.3) is 17.7 Å². The second-order valence-corrected chi connectivity index (χ2v) is 47.8. The highest BCUT2D eigenvalue weighted by atomic mass is 32.2. The van der Waals surface area contributed by atoms with Crippen molar-refractivity contribution in [2.24, 2.45) is 48.5 Å². The van der Waals surface area contributed by atoms with E-state index in [9.17, 15) is 67.9 Å². The summed E-state index contributed by atoms with van der Waals surface area (Å²) in [5.74, 6) is -6.03. The van der Waals surface area contributed by atoms with Crippen molar-refractivity contribution in [1.82, 2.24) is 40.2 Å². The van der Waals surface area contributed by atoms with Crippen molar-refractivity contribution in [3.8, 4) is 0 Å². The van der Waals surface area contributed by atoms with Gasteiger partial charge in [0.1, 0.15) is 93.1 Å². The number of carbonyl (C=O) groups excluding carboxylic acids is 5. The quantitative estimate of drug-likeness (QED) is 0.122. The number of aromatic nitrogens is 1. The van der Waals surface area contributed by atoms with Gasteiger partial charge < -0.3 is 16.0 Å². The van der Waals surface area contributed by atoms with E-state index >= 15 is 0 Å². The van der Waals surface area contributed by atoms with Gasteiger partial charge in [0.15, 0.2) is 14.6 Å². The van der Waals surface area contributed by atoms with Crippen LogP contribution in [0.4, 0.5) is 43.9 Å². The first-order chi connectivity index (χ1) is 69.4. The summed E-state index contributed by atoms with van der Waals surface area (Å²) in [6.45, 7) is 8.10. The lowest BCUT2D eigenvalue weighted by molar-refractivity contribution is -0.143. The number of thioether (sulfide) groups is 5. The summed E-state index contributed by atoms with van der Waals surface area (Å²) in [5.41, 5.74) is 14.4. The van der Waals surface area contributed by atoms with Crippen molar-refractivity contribution in [2.75, 3.05) is 26.7 Å². The van der Waals surface area contributed by atoms with Gasteiger partial charge >= 0.3 is 0 Å². The summed E-state index contributed by atoms with van der Waals surface area (Å²) < 4.78 is 142. The normalized spacial score (nSPS) is 23.6. The van der Waals surface area contributed by atoms with Crippen molar-refractivity contribution in [1.29, 1.82) is 0 Å². The number of rotatable bonds is 10. The Kier molecular flexibility index (Phi) is 28.9. The van der Waals surface area contributed by atoms with Crippen LogP contribution in [0.15, 0.2) is 224 Å². The smallest absolute Gasteiger partial charge is 0.277 e. The zero-order valence-corrected chi connectivity index (χ0v) is 85.4. The number of amides is 5. The van der Waals surface area contributed by atoms with Crippen molar-refractivity contribution in [3.63, 3.8) is 0 Å². The minimum atomic E-state index is -0.810. The molecular formula is C107H100F10N14O5S8. The number of nitrogens with two attached hydrogens (primary N) is 1. The molecule has 24 rings (SSSR count). The highest BCUT2D eigenvalue weighted by Gasteiger charge is 2.60. The number of fused-ring (bicyclic) bond motifs is 10. The van der Waals surface area contributed by atoms with E-state index in [0.717, 1.165) is 251 Å². The lowest BCUT2D eigenvalue weighted by atomic mass is 9.85. The Hall–Kier alpha value is -10.6. The molecule has 7 atom stereocenters. The second-order valence-electron chi connectivity index (χ2n) is 38.8. The number of thiophene rings is 3. The van der Waals surface area contributed by atoms with Gasteiger partial charge in [-0.15, -0.1) is 34.0 Å². The van der Waals surface area contributed by atoms with Crippen molar-refractivity contribution in [2.45, 2.75) is 192 Å². The average molecular weight is 2110 g/mol. The molecule has 19 nitrogen and oxygen atoms in total. The first-order valence-electron chi connectivity index (χ1n) is 48.2. The van der Waals surface area contributed by atoms with Crippen LogP contribution in [0.1, 0.15) is 215 Å². The molecule has 2 saturated heterocycles. The molecule has 3 N–H and O–H groups in total. The molecule has 5 amide bonds. The zero-order valence-electron chi connectivity index (χ0n) is 78.9. The van der Waals surface area contributed by atoms with Crippen LogP contribution in [0.25, 0.3) is 0 Å². The molecule has 5 spiro atoms. The predicted molar refractivity (Wildman–Crippen MR) is 551 cm³/mol. The summed E-state index contributed by atoms with van der Waals surface area (Å²) in [5, 5.41) is 41.6. The number of nitrogens with zero attached hydrogens (tertiary/aromatic N) is 12. The monoisotopic (exact) mass is 2110 g/mol. The first-order valence-corrected chi connectivity index (χ1v) is 54.9. The fraction of sp³-hybridized carbons (Fsp3) is 0.355. The molecule has 0 bridgehead atoms. The topological polar surface area (TPSA) is 218 Å². The highest BCUT2D eigenvalue weighted by molar-refractivity contribution is 8.16. The third-order valence-corrected chi connectivity index (χ3v) is 39.0. The van der Waals surface area contributed by atoms with Gasteiger partial charge in [-0.1, -0.05) is 128 Å². The maximum atomic E-state index is 14.6. The van der Waals surface area contributed by atoms with Gasteiger partial charge in [0, 0.05) is 66.2 Å². The Morgan fingerprint density at radius 3 is 1.15 bits per heavy atom. The third kappa shape index (κ3) is 19.3. The van der Waals surface area contributed by atoms with Crippen molar-refractivity contribution < 1.29 is 67.9 Å². The largest absolute Gasteiger partial charge is 0.320 e. The number of piperidine rings is 1. The van der Waals surface area contributed by atoms with Gasteiger partial charge in [0.05, 0.1) is 17.6 Å². The SMILES string of the molecule is CC(C)(C)C(=O)N1N=C(c2cc(F)ccc2F)SC12CCCc1ccccc12.CN1CCC(C(=O)N2N=C(c3cc(F)ccc3F)SC23CCCc2ccsc23)CC1.NC(C(=O)N1N=C(c2cc(F)ccc2F)SC12CCCc1ccsc12)C1CC1.O=C([C@@H]1CCCN1)N1N=C(c2cc(F)ccc2F)SC12CCCc1ccsc12.O=C(c1cccnc1)N1N=C(c2cc(F)ccc2F)SC12CCCc1ccccc12. The minimum Gasteiger partial charge on any atom is -0.320 e. The molecule has 6 aliphatic carbocycles. The van der Waals surface area contributed by atoms with E-state index in [1.165, 1.54) is 108 Å². The molecule has 4 aromatic heterocycles. The van der Waals surface area contributed by atoms with E-state index in [1.54, 1.807) is 62.4 Å². The van der Waals surface area contributed by atoms with Crippen LogP contribution in [0.5, 0.6) is 0 Å². The van der Waals surface area contributed by atoms with E-state index in [1.807, 2.05) is 74.0 Å². The molecular weight excluding hydrogens is 2010 g/mol. The van der Waals surface area contributed by atoms with Crippen LogP contribution >= 0.6 is 92.8 Å². The van der Waals surface area contributed by atoms with Crippen LogP contribution in [0.3, 0.4) is 0 Å². The summed E-state index contributed by atoms with van der Waals surface area (Å²) in [7, 11) is 2.07. The minimum absolute atomic E-state index is 0.00339. The fourth-order valence-electron chi connectivity index (χ4n) is 20.7. The molecule has 6 unspecified atom stereocenters. The lowest BCUT2D eigenvalue weighted by Crippen LogP contribution is -2.50. The Morgan fingerprint density at radius 1 is 0.403 bits per heavy atom. The van der Waals surface area contributed by atoms with Crippen LogP contribution < -0.4 is 11.1 Å². The van der Waals surface area contributed by atoms with Gasteiger partial charge in [-0.05, 0) is 344 Å². The number of pyridine rings is 1. The molecule has 746 valence electrons. The summed E-state index contributed by atoms with van der Waals surface area (Å²) >= 11 is 11.6. The Bertz CT molecular complexity index is 6880. The van der Waals surface area contributed by atoms with Gasteiger partial charge in [-0.2, -0.15) is 25.5 Å². The first kappa shape index (κ1) is 101. The number of hydrazone groups is 5. The molecule has 0 radical (unpaired) electrons. The van der Waals surface area contributed by atoms with E-state index in [-0.39, 0.29) is 75.2 Å². The van der Waals surface area contributed by atoms with Crippen molar-refractivity contribution >= 4 is 148 Å². The molecule has 7 aromatic carbocycles. The lowest BCUT2D eigenvalue weighted by Gasteiger charge is -2.41. The number of halogens is 10. The maximum absolute atomic E-state index is 14.6. The van der Waals surface area contributed by atoms with Crippen LogP contribution in [-0.2, 0) is 75.6 Å². The molecule has 11 heterocycles. The van der Waals surface area contributed by atoms with E-state index in [4.69, 9.17) is 5.73 Å². The second kappa shape index (κ2) is 41.3. The Morgan fingerprint density at radius 2 is 0.764 bits per heavy atom. The van der Waals surface area contributed by atoms with Gasteiger partial charge in [-0.25, -0.2) is 68.9 Å². The number of nitrogens with one attached hydrogen (secondary N) is 1. The Labute approximate surface area is 859 Å². The molecule has 1 saturated carbocycles. The molecule has 11 aromatic rings. The maximum Gasteiger partial charge on any atom is 0.277 e. The Balaban J connectivity index is 0.000000110. The summed E-state index contributed by atoms with van der Waals surface area (Å²) in [4.78, 5) is 73.1.